The van der Waals surface area contributed by atoms with Crippen molar-refractivity contribution in [2.24, 2.45) is 0 Å². The largest absolute Gasteiger partial charge is 0.143 e. The molecule has 1 aliphatic rings. The molecule has 0 heterocycles. The van der Waals surface area contributed by atoms with Gasteiger partial charge in [-0.25, -0.2) is 0 Å². The fourth-order valence-electron chi connectivity index (χ4n) is 2.57. The summed E-state index contributed by atoms with van der Waals surface area (Å²) in [7, 11) is 0. The first kappa shape index (κ1) is 11.2. The second kappa shape index (κ2) is 4.43. The number of hydrogen-bond acceptors (Lipinski definition) is 2. The number of thiol groups is 2. The maximum Gasteiger partial charge on any atom is 0.00431 e. The Bertz CT molecular complexity index is 522. The number of fused-ring (bicyclic) bond motifs is 3. The summed E-state index contributed by atoms with van der Waals surface area (Å²) in [5.41, 5.74) is 5.57. The lowest BCUT2D eigenvalue weighted by molar-refractivity contribution is 0.831. The van der Waals surface area contributed by atoms with Gasteiger partial charge in [-0.2, -0.15) is 0 Å². The fourth-order valence-corrected chi connectivity index (χ4v) is 3.03. The van der Waals surface area contributed by atoms with Crippen molar-refractivity contribution in [1.29, 1.82) is 0 Å². The van der Waals surface area contributed by atoms with E-state index in [0.717, 1.165) is 22.6 Å². The van der Waals surface area contributed by atoms with E-state index in [1.54, 1.807) is 0 Å². The van der Waals surface area contributed by atoms with Crippen LogP contribution in [-0.4, -0.2) is 0 Å². The Morgan fingerprint density at radius 2 is 1.18 bits per heavy atom. The third kappa shape index (κ3) is 2.12. The van der Waals surface area contributed by atoms with Crippen LogP contribution in [0.3, 0.4) is 0 Å². The molecule has 0 radical (unpaired) electrons. The maximum absolute atomic E-state index is 4.43. The van der Waals surface area contributed by atoms with Crippen molar-refractivity contribution in [2.75, 3.05) is 0 Å². The van der Waals surface area contributed by atoms with Crippen LogP contribution in [0.2, 0.25) is 0 Å². The van der Waals surface area contributed by atoms with Crippen LogP contribution in [-0.2, 0) is 12.8 Å². The molecule has 0 amide bonds. The van der Waals surface area contributed by atoms with Crippen LogP contribution in [0.1, 0.15) is 17.5 Å². The Balaban J connectivity index is 2.24. The summed E-state index contributed by atoms with van der Waals surface area (Å²) in [6, 6.07) is 12.9. The summed E-state index contributed by atoms with van der Waals surface area (Å²) < 4.78 is 0. The van der Waals surface area contributed by atoms with Crippen LogP contribution in [0.15, 0.2) is 46.2 Å². The molecule has 3 rings (SSSR count). The third-order valence-corrected chi connectivity index (χ3v) is 3.92. The van der Waals surface area contributed by atoms with Crippen molar-refractivity contribution in [1.82, 2.24) is 0 Å². The number of aryl methyl sites for hydroxylation is 2. The quantitative estimate of drug-likeness (QED) is 0.642. The number of benzene rings is 2. The van der Waals surface area contributed by atoms with E-state index in [2.05, 4.69) is 61.7 Å². The molecule has 0 atom stereocenters. The SMILES string of the molecule is Sc1ccc2c(c1)CCCc1cc(S)ccc1-2. The van der Waals surface area contributed by atoms with E-state index >= 15 is 0 Å². The maximum atomic E-state index is 4.43. The van der Waals surface area contributed by atoms with Gasteiger partial charge >= 0.3 is 0 Å². The Morgan fingerprint density at radius 1 is 0.706 bits per heavy atom. The van der Waals surface area contributed by atoms with Crippen LogP contribution < -0.4 is 0 Å². The summed E-state index contributed by atoms with van der Waals surface area (Å²) in [5.74, 6) is 0. The lowest BCUT2D eigenvalue weighted by Crippen LogP contribution is -1.88. The highest BCUT2D eigenvalue weighted by Gasteiger charge is 2.14. The van der Waals surface area contributed by atoms with Gasteiger partial charge in [-0.15, -0.1) is 25.3 Å². The minimum absolute atomic E-state index is 1.05. The van der Waals surface area contributed by atoms with Gasteiger partial charge < -0.3 is 0 Å². The van der Waals surface area contributed by atoms with Gasteiger partial charge in [-0.05, 0) is 65.8 Å². The number of hydrogen-bond donors (Lipinski definition) is 2. The molecular weight excluding hydrogens is 244 g/mol. The second-order valence-electron chi connectivity index (χ2n) is 4.54. The average molecular weight is 258 g/mol. The lowest BCUT2D eigenvalue weighted by Gasteiger charge is -2.10. The van der Waals surface area contributed by atoms with Crippen molar-refractivity contribution in [2.45, 2.75) is 29.1 Å². The molecule has 2 aromatic carbocycles. The summed E-state index contributed by atoms with van der Waals surface area (Å²) >= 11 is 8.86. The molecule has 2 aromatic rings. The van der Waals surface area contributed by atoms with Crippen LogP contribution in [0.5, 0.6) is 0 Å². The molecule has 86 valence electrons. The smallest absolute Gasteiger partial charge is 0.00431 e. The first-order valence-electron chi connectivity index (χ1n) is 5.88. The zero-order valence-electron chi connectivity index (χ0n) is 9.48. The number of rotatable bonds is 0. The van der Waals surface area contributed by atoms with Crippen LogP contribution in [0, 0.1) is 0 Å². The molecule has 0 unspecified atom stereocenters. The fraction of sp³-hybridized carbons (Fsp3) is 0.200. The molecule has 0 spiro atoms. The zero-order chi connectivity index (χ0) is 11.8. The molecule has 0 aliphatic heterocycles. The molecule has 0 saturated carbocycles. The standard InChI is InChI=1S/C15H14S2/c16-12-4-6-14-10(8-12)2-1-3-11-9-13(17)5-7-15(11)14/h4-9,16-17H,1-3H2. The minimum Gasteiger partial charge on any atom is -0.143 e. The van der Waals surface area contributed by atoms with Crippen molar-refractivity contribution in [3.05, 3.63) is 47.5 Å². The summed E-state index contributed by atoms with van der Waals surface area (Å²) in [4.78, 5) is 2.11. The molecule has 1 aliphatic carbocycles. The Labute approximate surface area is 113 Å². The molecule has 0 fully saturated rings. The Morgan fingerprint density at radius 3 is 1.65 bits per heavy atom. The molecule has 17 heavy (non-hydrogen) atoms. The highest BCUT2D eigenvalue weighted by molar-refractivity contribution is 7.80. The van der Waals surface area contributed by atoms with Gasteiger partial charge in [0.2, 0.25) is 0 Å². The highest BCUT2D eigenvalue weighted by atomic mass is 32.1. The van der Waals surface area contributed by atoms with Gasteiger partial charge in [0, 0.05) is 9.79 Å². The van der Waals surface area contributed by atoms with Crippen molar-refractivity contribution in [3.8, 4) is 11.1 Å². The molecule has 0 N–H and O–H groups in total. The molecule has 0 aromatic heterocycles. The molecular formula is C15H14S2. The van der Waals surface area contributed by atoms with Gasteiger partial charge in [0.1, 0.15) is 0 Å². The van der Waals surface area contributed by atoms with E-state index in [0.29, 0.717) is 0 Å². The van der Waals surface area contributed by atoms with E-state index in [9.17, 15) is 0 Å². The van der Waals surface area contributed by atoms with Gasteiger partial charge in [-0.1, -0.05) is 12.1 Å². The first-order valence-corrected chi connectivity index (χ1v) is 6.77. The Hall–Kier alpha value is -0.860. The van der Waals surface area contributed by atoms with E-state index in [1.165, 1.54) is 28.7 Å². The van der Waals surface area contributed by atoms with Crippen molar-refractivity contribution < 1.29 is 0 Å². The van der Waals surface area contributed by atoms with E-state index in [-0.39, 0.29) is 0 Å². The molecule has 0 saturated heterocycles. The minimum atomic E-state index is 1.05. The monoisotopic (exact) mass is 258 g/mol. The predicted octanol–water partition coefficient (Wildman–Crippen LogP) is 4.42. The van der Waals surface area contributed by atoms with Crippen LogP contribution in [0.25, 0.3) is 11.1 Å². The predicted molar refractivity (Wildman–Crippen MR) is 78.4 cm³/mol. The van der Waals surface area contributed by atoms with E-state index in [1.807, 2.05) is 0 Å². The topological polar surface area (TPSA) is 0 Å². The van der Waals surface area contributed by atoms with Gasteiger partial charge in [0.15, 0.2) is 0 Å². The normalized spacial score (nSPS) is 13.8. The zero-order valence-corrected chi connectivity index (χ0v) is 11.3. The molecule has 0 nitrogen and oxygen atoms in total. The first-order chi connectivity index (χ1) is 8.24. The van der Waals surface area contributed by atoms with Crippen molar-refractivity contribution in [3.63, 3.8) is 0 Å². The summed E-state index contributed by atoms with van der Waals surface area (Å²) in [6.07, 6.45) is 3.48. The molecule has 0 bridgehead atoms. The van der Waals surface area contributed by atoms with Crippen LogP contribution in [0.4, 0.5) is 0 Å². The summed E-state index contributed by atoms with van der Waals surface area (Å²) in [6.45, 7) is 0. The van der Waals surface area contributed by atoms with Gasteiger partial charge in [0.25, 0.3) is 0 Å². The van der Waals surface area contributed by atoms with Crippen molar-refractivity contribution >= 4 is 25.3 Å². The van der Waals surface area contributed by atoms with E-state index in [4.69, 9.17) is 0 Å². The second-order valence-corrected chi connectivity index (χ2v) is 5.57. The lowest BCUT2D eigenvalue weighted by atomic mass is 9.97. The van der Waals surface area contributed by atoms with Gasteiger partial charge in [-0.3, -0.25) is 0 Å². The Kier molecular flexibility index (Phi) is 2.93. The van der Waals surface area contributed by atoms with Crippen LogP contribution >= 0.6 is 25.3 Å². The highest BCUT2D eigenvalue weighted by Crippen LogP contribution is 2.34. The van der Waals surface area contributed by atoms with E-state index < -0.39 is 0 Å². The average Bonchev–Trinajstić information content (AvgIpc) is 2.47. The third-order valence-electron chi connectivity index (χ3n) is 3.36. The van der Waals surface area contributed by atoms with Gasteiger partial charge in [0.05, 0.1) is 0 Å². The summed E-state index contributed by atoms with van der Waals surface area (Å²) in [5, 5.41) is 0. The molecule has 2 heteroatoms.